The molecule has 0 aliphatic rings. The first-order valence-electron chi connectivity index (χ1n) is 6.93. The Bertz CT molecular complexity index is 593. The van der Waals surface area contributed by atoms with E-state index >= 15 is 0 Å². The number of carbonyl (C=O) groups is 1. The van der Waals surface area contributed by atoms with Crippen molar-refractivity contribution in [2.24, 2.45) is 0 Å². The van der Waals surface area contributed by atoms with Crippen LogP contribution >= 0.6 is 0 Å². The summed E-state index contributed by atoms with van der Waals surface area (Å²) >= 11 is 0. The first-order valence-corrected chi connectivity index (χ1v) is 6.93. The van der Waals surface area contributed by atoms with Gasteiger partial charge in [-0.15, -0.1) is 0 Å². The highest BCUT2D eigenvalue weighted by Gasteiger charge is 2.28. The number of hydrogen-bond donors (Lipinski definition) is 2. The van der Waals surface area contributed by atoms with Crippen molar-refractivity contribution in [1.82, 2.24) is 10.3 Å². The van der Waals surface area contributed by atoms with E-state index < -0.39 is 5.54 Å². The Balaban J connectivity index is 2.37. The van der Waals surface area contributed by atoms with Crippen molar-refractivity contribution in [2.45, 2.75) is 32.2 Å². The van der Waals surface area contributed by atoms with E-state index in [0.717, 1.165) is 10.9 Å². The number of aliphatic hydroxyl groups is 1. The second-order valence-electron chi connectivity index (χ2n) is 4.98. The van der Waals surface area contributed by atoms with E-state index in [9.17, 15) is 9.90 Å². The van der Waals surface area contributed by atoms with Crippen LogP contribution in [0.25, 0.3) is 10.9 Å². The molecule has 0 bridgehead atoms. The zero-order chi connectivity index (χ0) is 14.6. The fourth-order valence-corrected chi connectivity index (χ4v) is 2.30. The van der Waals surface area contributed by atoms with E-state index in [0.29, 0.717) is 18.4 Å². The monoisotopic (exact) mass is 272 g/mol. The molecule has 1 aromatic carbocycles. The van der Waals surface area contributed by atoms with Crippen LogP contribution in [0.3, 0.4) is 0 Å². The first kappa shape index (κ1) is 14.5. The molecule has 0 saturated carbocycles. The molecule has 4 heteroatoms. The molecule has 0 fully saturated rings. The number of hydrogen-bond acceptors (Lipinski definition) is 3. The van der Waals surface area contributed by atoms with Crippen molar-refractivity contribution in [3.05, 3.63) is 42.1 Å². The van der Waals surface area contributed by atoms with Gasteiger partial charge in [-0.25, -0.2) is 0 Å². The van der Waals surface area contributed by atoms with Crippen LogP contribution in [0.15, 0.2) is 36.5 Å². The predicted octanol–water partition coefficient (Wildman–Crippen LogP) is 2.52. The van der Waals surface area contributed by atoms with Crippen LogP contribution in [-0.4, -0.2) is 28.1 Å². The Kier molecular flexibility index (Phi) is 4.35. The van der Waals surface area contributed by atoms with Gasteiger partial charge >= 0.3 is 0 Å². The highest BCUT2D eigenvalue weighted by atomic mass is 16.3. The van der Waals surface area contributed by atoms with Gasteiger partial charge < -0.3 is 10.4 Å². The molecule has 106 valence electrons. The van der Waals surface area contributed by atoms with Gasteiger partial charge in [0.05, 0.1) is 17.7 Å². The van der Waals surface area contributed by atoms with Gasteiger partial charge in [0.1, 0.15) is 0 Å². The highest BCUT2D eigenvalue weighted by Crippen LogP contribution is 2.19. The van der Waals surface area contributed by atoms with Crippen molar-refractivity contribution in [3.8, 4) is 0 Å². The van der Waals surface area contributed by atoms with Crippen molar-refractivity contribution in [3.63, 3.8) is 0 Å². The van der Waals surface area contributed by atoms with Gasteiger partial charge in [-0.1, -0.05) is 26.0 Å². The molecule has 0 aliphatic heterocycles. The SMILES string of the molecule is CCC(CC)(CO)NC(=O)c1cccc2ncccc12. The second kappa shape index (κ2) is 6.01. The zero-order valence-electron chi connectivity index (χ0n) is 11.9. The van der Waals surface area contributed by atoms with Crippen LogP contribution in [-0.2, 0) is 0 Å². The highest BCUT2D eigenvalue weighted by molar-refractivity contribution is 6.06. The average Bonchev–Trinajstić information content (AvgIpc) is 2.52. The number of benzene rings is 1. The average molecular weight is 272 g/mol. The predicted molar refractivity (Wildman–Crippen MR) is 79.6 cm³/mol. The van der Waals surface area contributed by atoms with Crippen LogP contribution in [0.5, 0.6) is 0 Å². The first-order chi connectivity index (χ1) is 9.65. The van der Waals surface area contributed by atoms with Gasteiger partial charge in [0.2, 0.25) is 0 Å². The molecule has 20 heavy (non-hydrogen) atoms. The molecule has 0 radical (unpaired) electrons. The number of nitrogens with zero attached hydrogens (tertiary/aromatic N) is 1. The Labute approximate surface area is 118 Å². The van der Waals surface area contributed by atoms with E-state index in [1.807, 2.05) is 38.1 Å². The molecule has 2 rings (SSSR count). The lowest BCUT2D eigenvalue weighted by Gasteiger charge is -2.30. The number of fused-ring (bicyclic) bond motifs is 1. The molecule has 1 aromatic heterocycles. The number of amides is 1. The second-order valence-corrected chi connectivity index (χ2v) is 4.98. The van der Waals surface area contributed by atoms with E-state index in [1.165, 1.54) is 0 Å². The van der Waals surface area contributed by atoms with E-state index in [4.69, 9.17) is 0 Å². The molecular weight excluding hydrogens is 252 g/mol. The summed E-state index contributed by atoms with van der Waals surface area (Å²) in [5.74, 6) is -0.165. The van der Waals surface area contributed by atoms with Gasteiger partial charge in [0, 0.05) is 17.1 Å². The summed E-state index contributed by atoms with van der Waals surface area (Å²) in [7, 11) is 0. The molecular formula is C16H20N2O2. The van der Waals surface area contributed by atoms with E-state index in [1.54, 1.807) is 12.3 Å². The van der Waals surface area contributed by atoms with Crippen LogP contribution in [0.1, 0.15) is 37.0 Å². The minimum absolute atomic E-state index is 0.0608. The summed E-state index contributed by atoms with van der Waals surface area (Å²) in [5, 5.41) is 13.4. The van der Waals surface area contributed by atoms with Gasteiger partial charge in [0.25, 0.3) is 5.91 Å². The molecule has 1 amide bonds. The fraction of sp³-hybridized carbons (Fsp3) is 0.375. The van der Waals surface area contributed by atoms with Crippen LogP contribution in [0.2, 0.25) is 0 Å². The van der Waals surface area contributed by atoms with Crippen molar-refractivity contribution in [2.75, 3.05) is 6.61 Å². The summed E-state index contributed by atoms with van der Waals surface area (Å²) in [5.41, 5.74) is 0.833. The normalized spacial score (nSPS) is 11.6. The number of rotatable bonds is 5. The van der Waals surface area contributed by atoms with Crippen molar-refractivity contribution in [1.29, 1.82) is 0 Å². The van der Waals surface area contributed by atoms with Gasteiger partial charge in [0.15, 0.2) is 0 Å². The van der Waals surface area contributed by atoms with Crippen molar-refractivity contribution >= 4 is 16.8 Å². The minimum atomic E-state index is -0.554. The molecule has 1 heterocycles. The Morgan fingerprint density at radius 3 is 2.65 bits per heavy atom. The summed E-state index contributed by atoms with van der Waals surface area (Å²) in [4.78, 5) is 16.8. The Morgan fingerprint density at radius 1 is 1.25 bits per heavy atom. The maximum atomic E-state index is 12.5. The summed E-state index contributed by atoms with van der Waals surface area (Å²) < 4.78 is 0. The number of aromatic nitrogens is 1. The summed E-state index contributed by atoms with van der Waals surface area (Å²) in [6, 6.07) is 9.19. The zero-order valence-corrected chi connectivity index (χ0v) is 11.9. The van der Waals surface area contributed by atoms with Crippen LogP contribution < -0.4 is 5.32 Å². The molecule has 4 nitrogen and oxygen atoms in total. The molecule has 2 aromatic rings. The number of aliphatic hydroxyl groups excluding tert-OH is 1. The fourth-order valence-electron chi connectivity index (χ4n) is 2.30. The summed E-state index contributed by atoms with van der Waals surface area (Å²) in [6.45, 7) is 3.87. The molecule has 0 atom stereocenters. The third kappa shape index (κ3) is 2.65. The van der Waals surface area contributed by atoms with Crippen LogP contribution in [0, 0.1) is 0 Å². The molecule has 0 unspecified atom stereocenters. The van der Waals surface area contributed by atoms with Gasteiger partial charge in [-0.05, 0) is 31.0 Å². The number of pyridine rings is 1. The minimum Gasteiger partial charge on any atom is -0.394 e. The van der Waals surface area contributed by atoms with E-state index in [-0.39, 0.29) is 12.5 Å². The molecule has 2 N–H and O–H groups in total. The smallest absolute Gasteiger partial charge is 0.252 e. The molecule has 0 aliphatic carbocycles. The maximum absolute atomic E-state index is 12.5. The third-order valence-corrected chi connectivity index (χ3v) is 3.93. The largest absolute Gasteiger partial charge is 0.394 e. The third-order valence-electron chi connectivity index (χ3n) is 3.93. The lowest BCUT2D eigenvalue weighted by atomic mass is 9.93. The standard InChI is InChI=1S/C16H20N2O2/c1-3-16(4-2,11-19)18-15(20)13-7-5-9-14-12(13)8-6-10-17-14/h5-10,19H,3-4,11H2,1-2H3,(H,18,20). The topological polar surface area (TPSA) is 62.2 Å². The maximum Gasteiger partial charge on any atom is 0.252 e. The summed E-state index contributed by atoms with van der Waals surface area (Å²) in [6.07, 6.45) is 3.09. The number of carbonyl (C=O) groups excluding carboxylic acids is 1. The number of nitrogens with one attached hydrogen (secondary N) is 1. The Morgan fingerprint density at radius 2 is 2.00 bits per heavy atom. The van der Waals surface area contributed by atoms with E-state index in [2.05, 4.69) is 10.3 Å². The Hall–Kier alpha value is -1.94. The molecule has 0 saturated heterocycles. The van der Waals surface area contributed by atoms with Gasteiger partial charge in [-0.3, -0.25) is 9.78 Å². The van der Waals surface area contributed by atoms with Crippen molar-refractivity contribution < 1.29 is 9.90 Å². The lowest BCUT2D eigenvalue weighted by Crippen LogP contribution is -2.50. The van der Waals surface area contributed by atoms with Gasteiger partial charge in [-0.2, -0.15) is 0 Å². The molecule has 0 spiro atoms. The quantitative estimate of drug-likeness (QED) is 0.879. The van der Waals surface area contributed by atoms with Crippen LogP contribution in [0.4, 0.5) is 0 Å². The lowest BCUT2D eigenvalue weighted by molar-refractivity contribution is 0.0819.